The van der Waals surface area contributed by atoms with Crippen LogP contribution in [0.2, 0.25) is 5.02 Å². The molecule has 7 heteroatoms. The number of hydrogen-bond acceptors (Lipinski definition) is 4. The van der Waals surface area contributed by atoms with Gasteiger partial charge in [0.1, 0.15) is 19.3 Å². The Hall–Kier alpha value is -2.21. The van der Waals surface area contributed by atoms with E-state index in [4.69, 9.17) is 21.1 Å². The highest BCUT2D eigenvalue weighted by molar-refractivity contribution is 6.31. The number of anilines is 1. The Balaban J connectivity index is 1.81. The molecule has 128 valence electrons. The molecular weight excluding hydrogens is 330 g/mol. The van der Waals surface area contributed by atoms with Gasteiger partial charge in [-0.15, -0.1) is 0 Å². The van der Waals surface area contributed by atoms with Crippen LogP contribution in [0, 0.1) is 13.8 Å². The molecule has 1 unspecified atom stereocenters. The third kappa shape index (κ3) is 3.06. The molecule has 2 heterocycles. The maximum Gasteiger partial charge on any atom is 0.249 e. The standard InChI is InChI=1S/C17H20ClN3O3/c1-4-13(21-11(3)16(18)10(2)20-21)17(22)19-12-5-6-14-15(9-12)24-8-7-23-14/h5-6,9,13H,4,7-8H2,1-3H3,(H,19,22). The first-order chi connectivity index (χ1) is 11.5. The van der Waals surface area contributed by atoms with Crippen LogP contribution in [-0.4, -0.2) is 28.9 Å². The van der Waals surface area contributed by atoms with Crippen LogP contribution in [-0.2, 0) is 4.79 Å². The van der Waals surface area contributed by atoms with Crippen LogP contribution in [0.3, 0.4) is 0 Å². The topological polar surface area (TPSA) is 65.4 Å². The van der Waals surface area contributed by atoms with Crippen molar-refractivity contribution in [2.75, 3.05) is 18.5 Å². The minimum absolute atomic E-state index is 0.142. The number of aromatic nitrogens is 2. The van der Waals surface area contributed by atoms with E-state index in [1.54, 1.807) is 22.9 Å². The van der Waals surface area contributed by atoms with Crippen LogP contribution < -0.4 is 14.8 Å². The van der Waals surface area contributed by atoms with Gasteiger partial charge in [0.15, 0.2) is 11.5 Å². The van der Waals surface area contributed by atoms with Crippen LogP contribution in [0.25, 0.3) is 0 Å². The largest absolute Gasteiger partial charge is 0.486 e. The van der Waals surface area contributed by atoms with E-state index in [1.807, 2.05) is 20.8 Å². The first-order valence-electron chi connectivity index (χ1n) is 7.93. The number of carbonyl (C=O) groups is 1. The second-order valence-corrected chi connectivity index (χ2v) is 6.08. The van der Waals surface area contributed by atoms with Gasteiger partial charge in [0, 0.05) is 11.8 Å². The molecule has 3 rings (SSSR count). The molecular formula is C17H20ClN3O3. The van der Waals surface area contributed by atoms with Gasteiger partial charge in [-0.05, 0) is 32.4 Å². The van der Waals surface area contributed by atoms with E-state index in [1.165, 1.54) is 0 Å². The second-order valence-electron chi connectivity index (χ2n) is 5.70. The molecule has 2 aromatic rings. The number of amides is 1. The molecule has 6 nitrogen and oxygen atoms in total. The molecule has 1 aromatic carbocycles. The van der Waals surface area contributed by atoms with E-state index in [9.17, 15) is 4.79 Å². The second kappa shape index (κ2) is 6.73. The van der Waals surface area contributed by atoms with Gasteiger partial charge < -0.3 is 14.8 Å². The van der Waals surface area contributed by atoms with Gasteiger partial charge in [-0.3, -0.25) is 9.48 Å². The molecule has 1 aliphatic rings. The predicted octanol–water partition coefficient (Wildman–Crippen LogP) is 3.51. The minimum Gasteiger partial charge on any atom is -0.486 e. The van der Waals surface area contributed by atoms with Crippen LogP contribution in [0.5, 0.6) is 11.5 Å². The Labute approximate surface area is 145 Å². The summed E-state index contributed by atoms with van der Waals surface area (Å²) in [5, 5.41) is 7.91. The fourth-order valence-electron chi connectivity index (χ4n) is 2.76. The summed E-state index contributed by atoms with van der Waals surface area (Å²) < 4.78 is 12.7. The monoisotopic (exact) mass is 349 g/mol. The van der Waals surface area contributed by atoms with Crippen molar-refractivity contribution in [3.05, 3.63) is 34.6 Å². The third-order valence-electron chi connectivity index (χ3n) is 4.03. The Morgan fingerprint density at radius 2 is 2.04 bits per heavy atom. The molecule has 24 heavy (non-hydrogen) atoms. The lowest BCUT2D eigenvalue weighted by Gasteiger charge is -2.20. The van der Waals surface area contributed by atoms with Crippen LogP contribution >= 0.6 is 11.6 Å². The number of fused-ring (bicyclic) bond motifs is 1. The van der Waals surface area contributed by atoms with Gasteiger partial charge in [0.2, 0.25) is 5.91 Å². The zero-order valence-electron chi connectivity index (χ0n) is 13.9. The van der Waals surface area contributed by atoms with Crippen molar-refractivity contribution in [1.29, 1.82) is 0 Å². The normalized spacial score (nSPS) is 14.3. The van der Waals surface area contributed by atoms with Gasteiger partial charge in [-0.2, -0.15) is 5.10 Å². The van der Waals surface area contributed by atoms with Crippen molar-refractivity contribution in [3.63, 3.8) is 0 Å². The summed E-state index contributed by atoms with van der Waals surface area (Å²) in [6.45, 7) is 6.68. The van der Waals surface area contributed by atoms with Crippen LogP contribution in [0.4, 0.5) is 5.69 Å². The lowest BCUT2D eigenvalue weighted by molar-refractivity contribution is -0.119. The van der Waals surface area contributed by atoms with Crippen LogP contribution in [0.15, 0.2) is 18.2 Å². The summed E-state index contributed by atoms with van der Waals surface area (Å²) in [7, 11) is 0. The molecule has 0 saturated heterocycles. The number of halogens is 1. The van der Waals surface area contributed by atoms with Gasteiger partial charge in [-0.25, -0.2) is 0 Å². The molecule has 1 aromatic heterocycles. The van der Waals surface area contributed by atoms with Crippen molar-refractivity contribution in [1.82, 2.24) is 9.78 Å². The molecule has 1 N–H and O–H groups in total. The van der Waals surface area contributed by atoms with E-state index in [0.29, 0.717) is 41.8 Å². The molecule has 1 aliphatic heterocycles. The SMILES string of the molecule is CCC(C(=O)Nc1ccc2c(c1)OCCO2)n1nc(C)c(Cl)c1C. The van der Waals surface area contributed by atoms with E-state index in [2.05, 4.69) is 10.4 Å². The van der Waals surface area contributed by atoms with Gasteiger partial charge >= 0.3 is 0 Å². The Morgan fingerprint density at radius 3 is 2.67 bits per heavy atom. The number of nitrogens with zero attached hydrogens (tertiary/aromatic N) is 2. The summed E-state index contributed by atoms with van der Waals surface area (Å²) in [4.78, 5) is 12.7. The summed E-state index contributed by atoms with van der Waals surface area (Å²) in [6, 6.07) is 4.94. The summed E-state index contributed by atoms with van der Waals surface area (Å²) >= 11 is 6.20. The lowest BCUT2D eigenvalue weighted by Crippen LogP contribution is -2.27. The molecule has 0 radical (unpaired) electrons. The zero-order valence-corrected chi connectivity index (χ0v) is 14.7. The van der Waals surface area contributed by atoms with E-state index < -0.39 is 6.04 Å². The van der Waals surface area contributed by atoms with Gasteiger partial charge in [-0.1, -0.05) is 18.5 Å². The zero-order chi connectivity index (χ0) is 17.3. The molecule has 0 bridgehead atoms. The lowest BCUT2D eigenvalue weighted by atomic mass is 10.2. The Bertz CT molecular complexity index is 773. The quantitative estimate of drug-likeness (QED) is 0.917. The minimum atomic E-state index is -0.426. The first-order valence-corrected chi connectivity index (χ1v) is 8.30. The maximum absolute atomic E-state index is 12.7. The highest BCUT2D eigenvalue weighted by Gasteiger charge is 2.24. The molecule has 0 saturated carbocycles. The number of benzene rings is 1. The number of aryl methyl sites for hydroxylation is 1. The van der Waals surface area contributed by atoms with Gasteiger partial charge in [0.05, 0.1) is 16.4 Å². The summed E-state index contributed by atoms with van der Waals surface area (Å²) in [5.41, 5.74) is 2.17. The number of carbonyl (C=O) groups excluding carboxylic acids is 1. The highest BCUT2D eigenvalue weighted by Crippen LogP contribution is 2.33. The number of nitrogens with one attached hydrogen (secondary N) is 1. The van der Waals surface area contributed by atoms with Crippen molar-refractivity contribution >= 4 is 23.2 Å². The number of hydrogen-bond donors (Lipinski definition) is 1. The van der Waals surface area contributed by atoms with Crippen LogP contribution in [0.1, 0.15) is 30.8 Å². The smallest absolute Gasteiger partial charge is 0.249 e. The molecule has 0 spiro atoms. The highest BCUT2D eigenvalue weighted by atomic mass is 35.5. The molecule has 0 aliphatic carbocycles. The van der Waals surface area contributed by atoms with Crippen molar-refractivity contribution < 1.29 is 14.3 Å². The van der Waals surface area contributed by atoms with E-state index in [0.717, 1.165) is 11.4 Å². The summed E-state index contributed by atoms with van der Waals surface area (Å²) in [5.74, 6) is 1.19. The molecule has 0 fully saturated rings. The van der Waals surface area contributed by atoms with Crippen molar-refractivity contribution in [2.45, 2.75) is 33.2 Å². The first kappa shape index (κ1) is 16.6. The van der Waals surface area contributed by atoms with E-state index in [-0.39, 0.29) is 5.91 Å². The van der Waals surface area contributed by atoms with Crippen molar-refractivity contribution in [2.24, 2.45) is 0 Å². The molecule has 1 amide bonds. The van der Waals surface area contributed by atoms with E-state index >= 15 is 0 Å². The average molecular weight is 350 g/mol. The van der Waals surface area contributed by atoms with Gasteiger partial charge in [0.25, 0.3) is 0 Å². The average Bonchev–Trinajstić information content (AvgIpc) is 2.83. The Morgan fingerprint density at radius 1 is 1.33 bits per heavy atom. The fourth-order valence-corrected chi connectivity index (χ4v) is 2.89. The third-order valence-corrected chi connectivity index (χ3v) is 4.58. The number of ether oxygens (including phenoxy) is 2. The summed E-state index contributed by atoms with van der Waals surface area (Å²) in [6.07, 6.45) is 0.606. The van der Waals surface area contributed by atoms with Crippen molar-refractivity contribution in [3.8, 4) is 11.5 Å². The fraction of sp³-hybridized carbons (Fsp3) is 0.412. The maximum atomic E-state index is 12.7. The Kier molecular flexibility index (Phi) is 4.66. The predicted molar refractivity (Wildman–Crippen MR) is 92.1 cm³/mol. The molecule has 1 atom stereocenters. The number of rotatable bonds is 4.